The largest absolute Gasteiger partial charge is 0.249 e. The fourth-order valence-electron chi connectivity index (χ4n) is 1.92. The summed E-state index contributed by atoms with van der Waals surface area (Å²) in [4.78, 5) is 5.48. The first-order valence-corrected chi connectivity index (χ1v) is 7.06. The molecule has 2 aromatic rings. The van der Waals surface area contributed by atoms with Gasteiger partial charge in [-0.2, -0.15) is 0 Å². The smallest absolute Gasteiger partial charge is 0.123 e. The van der Waals surface area contributed by atoms with Crippen molar-refractivity contribution < 1.29 is 4.39 Å². The molecule has 0 atom stereocenters. The molecule has 3 heteroatoms. The summed E-state index contributed by atoms with van der Waals surface area (Å²) in [6.45, 7) is 8.50. The van der Waals surface area contributed by atoms with Crippen molar-refractivity contribution in [2.75, 3.05) is 0 Å². The van der Waals surface area contributed by atoms with Crippen LogP contribution in [0.4, 0.5) is 4.39 Å². The van der Waals surface area contributed by atoms with Gasteiger partial charge in [0.2, 0.25) is 0 Å². The van der Waals surface area contributed by atoms with E-state index in [1.807, 2.05) is 12.3 Å². The van der Waals surface area contributed by atoms with Gasteiger partial charge in [-0.05, 0) is 29.2 Å². The van der Waals surface area contributed by atoms with Gasteiger partial charge in [-0.3, -0.25) is 0 Å². The van der Waals surface area contributed by atoms with Crippen LogP contribution in [0.25, 0.3) is 10.4 Å². The summed E-state index contributed by atoms with van der Waals surface area (Å²) in [5, 5.41) is 1.10. The number of nitrogens with zero attached hydrogens (tertiary/aromatic N) is 1. The molecule has 1 nitrogen and oxygen atoms in total. The van der Waals surface area contributed by atoms with Crippen molar-refractivity contribution in [2.45, 2.75) is 39.5 Å². The molecule has 18 heavy (non-hydrogen) atoms. The van der Waals surface area contributed by atoms with Crippen molar-refractivity contribution in [1.29, 1.82) is 0 Å². The number of hydrogen-bond acceptors (Lipinski definition) is 2. The maximum atomic E-state index is 13.4. The van der Waals surface area contributed by atoms with Crippen LogP contribution in [0.3, 0.4) is 0 Å². The Morgan fingerprint density at radius 2 is 1.83 bits per heavy atom. The Kier molecular flexibility index (Phi) is 3.81. The predicted molar refractivity (Wildman–Crippen MR) is 75.7 cm³/mol. The van der Waals surface area contributed by atoms with E-state index in [0.717, 1.165) is 15.4 Å². The van der Waals surface area contributed by atoms with Gasteiger partial charge < -0.3 is 0 Å². The average molecular weight is 263 g/mol. The lowest BCUT2D eigenvalue weighted by atomic mass is 9.96. The van der Waals surface area contributed by atoms with E-state index in [0.29, 0.717) is 11.8 Å². The van der Waals surface area contributed by atoms with E-state index in [-0.39, 0.29) is 5.82 Å². The molecule has 1 aromatic heterocycles. The quantitative estimate of drug-likeness (QED) is 0.742. The number of halogens is 1. The molecule has 0 aliphatic rings. The molecule has 0 spiro atoms. The fraction of sp³-hybridized carbons (Fsp3) is 0.400. The van der Waals surface area contributed by atoms with Crippen LogP contribution in [-0.2, 0) is 0 Å². The molecule has 0 aliphatic heterocycles. The van der Waals surface area contributed by atoms with Crippen molar-refractivity contribution in [1.82, 2.24) is 4.98 Å². The van der Waals surface area contributed by atoms with Crippen LogP contribution in [0, 0.1) is 5.82 Å². The van der Waals surface area contributed by atoms with E-state index in [1.165, 1.54) is 11.6 Å². The Hall–Kier alpha value is -1.22. The number of thiazole rings is 1. The summed E-state index contributed by atoms with van der Waals surface area (Å²) in [7, 11) is 0. The normalized spacial score (nSPS) is 11.5. The van der Waals surface area contributed by atoms with Crippen molar-refractivity contribution in [3.63, 3.8) is 0 Å². The summed E-state index contributed by atoms with van der Waals surface area (Å²) in [5.74, 6) is 0.610. The Labute approximate surface area is 112 Å². The van der Waals surface area contributed by atoms with Gasteiger partial charge in [-0.15, -0.1) is 11.3 Å². The van der Waals surface area contributed by atoms with Gasteiger partial charge in [-0.25, -0.2) is 9.37 Å². The van der Waals surface area contributed by atoms with Gasteiger partial charge in [0, 0.05) is 12.1 Å². The van der Waals surface area contributed by atoms with Gasteiger partial charge in [0.05, 0.1) is 9.88 Å². The lowest BCUT2D eigenvalue weighted by Crippen LogP contribution is -1.92. The molecule has 1 aromatic carbocycles. The van der Waals surface area contributed by atoms with Crippen molar-refractivity contribution in [3.05, 3.63) is 40.8 Å². The first-order valence-electron chi connectivity index (χ1n) is 6.24. The summed E-state index contributed by atoms with van der Waals surface area (Å²) >= 11 is 1.66. The van der Waals surface area contributed by atoms with E-state index >= 15 is 0 Å². The maximum absolute atomic E-state index is 13.4. The Balaban J connectivity index is 2.51. The molecule has 0 radical (unpaired) electrons. The van der Waals surface area contributed by atoms with Crippen molar-refractivity contribution >= 4 is 11.3 Å². The van der Waals surface area contributed by atoms with E-state index in [1.54, 1.807) is 17.4 Å². The Morgan fingerprint density at radius 3 is 2.39 bits per heavy atom. The summed E-state index contributed by atoms with van der Waals surface area (Å²) in [6.07, 6.45) is 1.86. The zero-order chi connectivity index (χ0) is 13.3. The molecule has 0 N–H and O–H groups in total. The molecule has 0 saturated carbocycles. The first kappa shape index (κ1) is 13.2. The van der Waals surface area contributed by atoms with Gasteiger partial charge in [-0.1, -0.05) is 33.8 Å². The van der Waals surface area contributed by atoms with E-state index in [4.69, 9.17) is 0 Å². The van der Waals surface area contributed by atoms with Gasteiger partial charge in [0.25, 0.3) is 0 Å². The lowest BCUT2D eigenvalue weighted by Gasteiger charge is -2.11. The minimum absolute atomic E-state index is 0.186. The monoisotopic (exact) mass is 263 g/mol. The number of hydrogen-bond donors (Lipinski definition) is 0. The number of benzene rings is 1. The van der Waals surface area contributed by atoms with Crippen LogP contribution < -0.4 is 0 Å². The molecule has 0 amide bonds. The topological polar surface area (TPSA) is 12.9 Å². The summed E-state index contributed by atoms with van der Waals surface area (Å²) in [5.41, 5.74) is 2.16. The Bertz CT molecular complexity index is 543. The van der Waals surface area contributed by atoms with Crippen LogP contribution in [0.1, 0.15) is 50.1 Å². The zero-order valence-corrected chi connectivity index (χ0v) is 12.0. The molecular formula is C15H18FNS. The molecule has 0 saturated heterocycles. The number of aromatic nitrogens is 1. The third kappa shape index (κ3) is 2.61. The van der Waals surface area contributed by atoms with Crippen LogP contribution in [0.15, 0.2) is 24.4 Å². The third-order valence-electron chi connectivity index (χ3n) is 2.92. The van der Waals surface area contributed by atoms with E-state index < -0.39 is 0 Å². The summed E-state index contributed by atoms with van der Waals surface area (Å²) in [6, 6.07) is 5.03. The minimum atomic E-state index is -0.186. The zero-order valence-electron chi connectivity index (χ0n) is 11.2. The highest BCUT2D eigenvalue weighted by Crippen LogP contribution is 2.35. The standard InChI is InChI=1S/C15H18FNS/c1-9(2)12-6-5-11(16)7-13(12)14-8-17-15(18-14)10(3)4/h5-10H,1-4H3. The summed E-state index contributed by atoms with van der Waals surface area (Å²) < 4.78 is 13.4. The highest BCUT2D eigenvalue weighted by atomic mass is 32.1. The second kappa shape index (κ2) is 5.19. The number of rotatable bonds is 3. The van der Waals surface area contributed by atoms with E-state index in [2.05, 4.69) is 32.7 Å². The average Bonchev–Trinajstić information content (AvgIpc) is 2.77. The molecule has 1 heterocycles. The lowest BCUT2D eigenvalue weighted by molar-refractivity contribution is 0.627. The third-order valence-corrected chi connectivity index (χ3v) is 4.25. The maximum Gasteiger partial charge on any atom is 0.123 e. The molecule has 2 rings (SSSR count). The van der Waals surface area contributed by atoms with Crippen LogP contribution in [-0.4, -0.2) is 4.98 Å². The van der Waals surface area contributed by atoms with Crippen molar-refractivity contribution in [3.8, 4) is 10.4 Å². The van der Waals surface area contributed by atoms with E-state index in [9.17, 15) is 4.39 Å². The first-order chi connectivity index (χ1) is 8.49. The minimum Gasteiger partial charge on any atom is -0.249 e. The molecule has 0 fully saturated rings. The SMILES string of the molecule is CC(C)c1ncc(-c2cc(F)ccc2C(C)C)s1. The van der Waals surface area contributed by atoms with Gasteiger partial charge in [0.15, 0.2) is 0 Å². The molecule has 0 bridgehead atoms. The van der Waals surface area contributed by atoms with Crippen LogP contribution in [0.2, 0.25) is 0 Å². The molecular weight excluding hydrogens is 245 g/mol. The highest BCUT2D eigenvalue weighted by Gasteiger charge is 2.13. The molecule has 0 unspecified atom stereocenters. The second-order valence-electron chi connectivity index (χ2n) is 5.10. The van der Waals surface area contributed by atoms with Crippen LogP contribution in [0.5, 0.6) is 0 Å². The van der Waals surface area contributed by atoms with Crippen molar-refractivity contribution in [2.24, 2.45) is 0 Å². The molecule has 0 aliphatic carbocycles. The highest BCUT2D eigenvalue weighted by molar-refractivity contribution is 7.15. The van der Waals surface area contributed by atoms with Gasteiger partial charge in [0.1, 0.15) is 5.82 Å². The predicted octanol–water partition coefficient (Wildman–Crippen LogP) is 5.20. The fourth-order valence-corrected chi connectivity index (χ4v) is 2.88. The second-order valence-corrected chi connectivity index (χ2v) is 6.17. The van der Waals surface area contributed by atoms with Crippen LogP contribution >= 0.6 is 11.3 Å². The van der Waals surface area contributed by atoms with Gasteiger partial charge >= 0.3 is 0 Å². The molecule has 96 valence electrons. The Morgan fingerprint density at radius 1 is 1.11 bits per heavy atom.